The highest BCUT2D eigenvalue weighted by Gasteiger charge is 2.22. The van der Waals surface area contributed by atoms with Crippen molar-refractivity contribution < 1.29 is 0 Å². The number of nitrogens with one attached hydrogen (secondary N) is 1. The summed E-state index contributed by atoms with van der Waals surface area (Å²) in [6, 6.07) is 6.39. The summed E-state index contributed by atoms with van der Waals surface area (Å²) in [5.41, 5.74) is 8.63. The van der Waals surface area contributed by atoms with E-state index in [1.165, 1.54) is 35.7 Å². The predicted octanol–water partition coefficient (Wildman–Crippen LogP) is 3.81. The minimum absolute atomic E-state index is 0.359. The highest BCUT2D eigenvalue weighted by molar-refractivity contribution is 6.31. The van der Waals surface area contributed by atoms with Crippen molar-refractivity contribution in [3.63, 3.8) is 0 Å². The number of hydrogen-bond acceptors (Lipinski definition) is 1. The zero-order valence-electron chi connectivity index (χ0n) is 9.75. The van der Waals surface area contributed by atoms with E-state index in [4.69, 9.17) is 17.3 Å². The summed E-state index contributed by atoms with van der Waals surface area (Å²) >= 11 is 6.08. The molecule has 1 aromatic heterocycles. The van der Waals surface area contributed by atoms with Gasteiger partial charge in [0.15, 0.2) is 0 Å². The summed E-state index contributed by atoms with van der Waals surface area (Å²) in [5, 5.41) is 2.06. The fourth-order valence-electron chi connectivity index (χ4n) is 2.96. The lowest BCUT2D eigenvalue weighted by atomic mass is 9.81. The summed E-state index contributed by atoms with van der Waals surface area (Å²) in [4.78, 5) is 3.33. The second kappa shape index (κ2) is 4.35. The van der Waals surface area contributed by atoms with Gasteiger partial charge in [0.05, 0.1) is 0 Å². The van der Waals surface area contributed by atoms with Gasteiger partial charge in [0.2, 0.25) is 0 Å². The first kappa shape index (κ1) is 11.1. The van der Waals surface area contributed by atoms with Gasteiger partial charge >= 0.3 is 0 Å². The maximum Gasteiger partial charge on any atom is 0.0457 e. The second-order valence-electron chi connectivity index (χ2n) is 5.06. The van der Waals surface area contributed by atoms with E-state index in [9.17, 15) is 0 Å². The molecule has 2 aromatic rings. The van der Waals surface area contributed by atoms with Gasteiger partial charge in [-0.3, -0.25) is 0 Å². The minimum Gasteiger partial charge on any atom is -0.361 e. The van der Waals surface area contributed by atoms with Crippen LogP contribution in [0.2, 0.25) is 5.02 Å². The van der Waals surface area contributed by atoms with Crippen LogP contribution in [0.25, 0.3) is 10.9 Å². The molecule has 17 heavy (non-hydrogen) atoms. The molecule has 0 aliphatic heterocycles. The Labute approximate surface area is 106 Å². The SMILES string of the molecule is N[C@H]1CCC[C@@H](c2c[nH]c3ccc(Cl)cc23)C1. The molecule has 1 aliphatic rings. The second-order valence-corrected chi connectivity index (χ2v) is 5.49. The molecule has 3 N–H and O–H groups in total. The topological polar surface area (TPSA) is 41.8 Å². The Kier molecular flexibility index (Phi) is 2.85. The molecule has 1 saturated carbocycles. The van der Waals surface area contributed by atoms with Crippen molar-refractivity contribution >= 4 is 22.5 Å². The van der Waals surface area contributed by atoms with Crippen LogP contribution >= 0.6 is 11.6 Å². The summed E-state index contributed by atoms with van der Waals surface area (Å²) < 4.78 is 0. The molecule has 2 atom stereocenters. The van der Waals surface area contributed by atoms with Gasteiger partial charge in [-0.2, -0.15) is 0 Å². The third kappa shape index (κ3) is 2.07. The molecule has 0 spiro atoms. The normalized spacial score (nSPS) is 25.3. The molecule has 0 radical (unpaired) electrons. The van der Waals surface area contributed by atoms with E-state index >= 15 is 0 Å². The third-order valence-electron chi connectivity index (χ3n) is 3.83. The summed E-state index contributed by atoms with van der Waals surface area (Å²) in [5.74, 6) is 0.589. The third-order valence-corrected chi connectivity index (χ3v) is 4.07. The zero-order valence-corrected chi connectivity index (χ0v) is 10.5. The number of aromatic nitrogens is 1. The molecule has 3 rings (SSSR count). The molecule has 2 nitrogen and oxygen atoms in total. The highest BCUT2D eigenvalue weighted by atomic mass is 35.5. The first-order chi connectivity index (χ1) is 8.24. The highest BCUT2D eigenvalue weighted by Crippen LogP contribution is 2.36. The molecule has 1 aromatic carbocycles. The molecule has 1 heterocycles. The summed E-state index contributed by atoms with van der Waals surface area (Å²) in [6.07, 6.45) is 6.87. The van der Waals surface area contributed by atoms with Crippen LogP contribution in [0.1, 0.15) is 37.2 Å². The number of benzene rings is 1. The van der Waals surface area contributed by atoms with Crippen LogP contribution in [0, 0.1) is 0 Å². The Morgan fingerprint density at radius 3 is 3.00 bits per heavy atom. The molecule has 0 amide bonds. The van der Waals surface area contributed by atoms with Gasteiger partial charge in [0.25, 0.3) is 0 Å². The number of H-pyrrole nitrogens is 1. The van der Waals surface area contributed by atoms with Gasteiger partial charge < -0.3 is 10.7 Å². The smallest absolute Gasteiger partial charge is 0.0457 e. The zero-order chi connectivity index (χ0) is 11.8. The average Bonchev–Trinajstić information content (AvgIpc) is 2.71. The molecular formula is C14H17ClN2. The van der Waals surface area contributed by atoms with Crippen LogP contribution in [-0.4, -0.2) is 11.0 Å². The Balaban J connectivity index is 2.01. The first-order valence-corrected chi connectivity index (χ1v) is 6.64. The number of halogens is 1. The Bertz CT molecular complexity index is 532. The molecule has 1 aliphatic carbocycles. The Morgan fingerprint density at radius 1 is 1.29 bits per heavy atom. The van der Waals surface area contributed by atoms with E-state index in [1.54, 1.807) is 0 Å². The van der Waals surface area contributed by atoms with Crippen LogP contribution in [0.5, 0.6) is 0 Å². The molecule has 3 heteroatoms. The van der Waals surface area contributed by atoms with E-state index in [0.29, 0.717) is 12.0 Å². The monoisotopic (exact) mass is 248 g/mol. The van der Waals surface area contributed by atoms with Crippen LogP contribution in [-0.2, 0) is 0 Å². The van der Waals surface area contributed by atoms with Crippen LogP contribution < -0.4 is 5.73 Å². The molecule has 90 valence electrons. The Hall–Kier alpha value is -0.990. The van der Waals surface area contributed by atoms with E-state index < -0.39 is 0 Å². The van der Waals surface area contributed by atoms with E-state index in [-0.39, 0.29) is 0 Å². The van der Waals surface area contributed by atoms with Crippen LogP contribution in [0.15, 0.2) is 24.4 Å². The standard InChI is InChI=1S/C14H17ClN2/c15-10-4-5-14-12(7-10)13(8-17-14)9-2-1-3-11(16)6-9/h4-5,7-9,11,17H,1-3,6,16H2/t9-,11+/m1/s1. The van der Waals surface area contributed by atoms with Gasteiger partial charge in [-0.05, 0) is 48.9 Å². The van der Waals surface area contributed by atoms with Gasteiger partial charge in [-0.15, -0.1) is 0 Å². The number of aromatic amines is 1. The first-order valence-electron chi connectivity index (χ1n) is 6.26. The maximum absolute atomic E-state index is 6.08. The quantitative estimate of drug-likeness (QED) is 0.792. The summed E-state index contributed by atoms with van der Waals surface area (Å²) in [6.45, 7) is 0. The van der Waals surface area contributed by atoms with Crippen molar-refractivity contribution in [2.24, 2.45) is 5.73 Å². The maximum atomic E-state index is 6.08. The van der Waals surface area contributed by atoms with Gasteiger partial charge in [0.1, 0.15) is 0 Å². The molecule has 0 bridgehead atoms. The van der Waals surface area contributed by atoms with Crippen molar-refractivity contribution in [3.05, 3.63) is 35.0 Å². The predicted molar refractivity (Wildman–Crippen MR) is 72.5 cm³/mol. The molecule has 0 saturated heterocycles. The van der Waals surface area contributed by atoms with Crippen molar-refractivity contribution in [1.29, 1.82) is 0 Å². The lowest BCUT2D eigenvalue weighted by molar-refractivity contribution is 0.395. The lowest BCUT2D eigenvalue weighted by Crippen LogP contribution is -2.26. The Morgan fingerprint density at radius 2 is 2.18 bits per heavy atom. The van der Waals surface area contributed by atoms with Crippen molar-refractivity contribution in [1.82, 2.24) is 4.98 Å². The number of nitrogens with two attached hydrogens (primary N) is 1. The van der Waals surface area contributed by atoms with Crippen molar-refractivity contribution in [2.75, 3.05) is 0 Å². The molecule has 0 unspecified atom stereocenters. The molecular weight excluding hydrogens is 232 g/mol. The fraction of sp³-hybridized carbons (Fsp3) is 0.429. The number of fused-ring (bicyclic) bond motifs is 1. The van der Waals surface area contributed by atoms with Crippen molar-refractivity contribution in [2.45, 2.75) is 37.6 Å². The van der Waals surface area contributed by atoms with E-state index in [2.05, 4.69) is 17.2 Å². The fourth-order valence-corrected chi connectivity index (χ4v) is 3.13. The minimum atomic E-state index is 0.359. The lowest BCUT2D eigenvalue weighted by Gasteiger charge is -2.26. The average molecular weight is 249 g/mol. The van der Waals surface area contributed by atoms with Crippen LogP contribution in [0.4, 0.5) is 0 Å². The number of rotatable bonds is 1. The summed E-state index contributed by atoms with van der Waals surface area (Å²) in [7, 11) is 0. The molecule has 1 fully saturated rings. The van der Waals surface area contributed by atoms with E-state index in [1.807, 2.05) is 12.1 Å². The largest absolute Gasteiger partial charge is 0.361 e. The van der Waals surface area contributed by atoms with Gasteiger partial charge in [0, 0.05) is 28.2 Å². The van der Waals surface area contributed by atoms with Gasteiger partial charge in [-0.25, -0.2) is 0 Å². The van der Waals surface area contributed by atoms with Crippen molar-refractivity contribution in [3.8, 4) is 0 Å². The van der Waals surface area contributed by atoms with Gasteiger partial charge in [-0.1, -0.05) is 18.0 Å². The van der Waals surface area contributed by atoms with E-state index in [0.717, 1.165) is 11.4 Å². The number of hydrogen-bond donors (Lipinski definition) is 2. The van der Waals surface area contributed by atoms with Crippen LogP contribution in [0.3, 0.4) is 0 Å².